The Bertz CT molecular complexity index is 443. The number of nitrogens with two attached hydrogens (primary N) is 1. The fraction of sp³-hybridized carbons (Fsp3) is 0.600. The number of carbonyl (C=O) groups is 1. The van der Waals surface area contributed by atoms with Crippen molar-refractivity contribution in [2.24, 2.45) is 5.41 Å². The standard InChI is InChI=1S/C15H23N3O/c1-15(2,3)9-8-14(19)18(12-5-6-12)13-7-4-11(16)10-17-13/h4,7,10,12H,5-6,8-9,16H2,1-3H3. The number of aromatic nitrogens is 1. The highest BCUT2D eigenvalue weighted by molar-refractivity contribution is 5.93. The van der Waals surface area contributed by atoms with E-state index < -0.39 is 0 Å². The average molecular weight is 261 g/mol. The van der Waals surface area contributed by atoms with Crippen molar-refractivity contribution in [1.29, 1.82) is 0 Å². The molecule has 1 fully saturated rings. The second-order valence-corrected chi connectivity index (χ2v) is 6.51. The van der Waals surface area contributed by atoms with E-state index in [1.54, 1.807) is 12.3 Å². The van der Waals surface area contributed by atoms with Crippen molar-refractivity contribution < 1.29 is 4.79 Å². The third-order valence-corrected chi connectivity index (χ3v) is 3.29. The molecule has 1 aliphatic rings. The maximum Gasteiger partial charge on any atom is 0.228 e. The molecule has 0 unspecified atom stereocenters. The quantitative estimate of drug-likeness (QED) is 0.906. The third-order valence-electron chi connectivity index (χ3n) is 3.29. The van der Waals surface area contributed by atoms with Crippen LogP contribution in [0.15, 0.2) is 18.3 Å². The molecule has 0 radical (unpaired) electrons. The molecule has 0 atom stereocenters. The minimum absolute atomic E-state index is 0.176. The Labute approximate surface area is 115 Å². The summed E-state index contributed by atoms with van der Waals surface area (Å²) in [5, 5.41) is 0. The summed E-state index contributed by atoms with van der Waals surface area (Å²) in [6.45, 7) is 6.47. The molecule has 19 heavy (non-hydrogen) atoms. The highest BCUT2D eigenvalue weighted by Gasteiger charge is 2.34. The van der Waals surface area contributed by atoms with Gasteiger partial charge in [0.1, 0.15) is 5.82 Å². The number of carbonyl (C=O) groups excluding carboxylic acids is 1. The monoisotopic (exact) mass is 261 g/mol. The molecule has 0 spiro atoms. The average Bonchev–Trinajstić information content (AvgIpc) is 3.13. The number of nitrogens with zero attached hydrogens (tertiary/aromatic N) is 2. The first-order valence-electron chi connectivity index (χ1n) is 6.90. The van der Waals surface area contributed by atoms with E-state index >= 15 is 0 Å². The molecule has 1 aromatic rings. The summed E-state index contributed by atoms with van der Waals surface area (Å²) < 4.78 is 0. The van der Waals surface area contributed by atoms with Crippen LogP contribution in [0.3, 0.4) is 0 Å². The Morgan fingerprint density at radius 1 is 1.42 bits per heavy atom. The zero-order valence-corrected chi connectivity index (χ0v) is 12.0. The van der Waals surface area contributed by atoms with Crippen molar-refractivity contribution in [3.8, 4) is 0 Å². The Morgan fingerprint density at radius 3 is 2.58 bits per heavy atom. The van der Waals surface area contributed by atoms with Crippen LogP contribution in [-0.4, -0.2) is 16.9 Å². The van der Waals surface area contributed by atoms with Gasteiger partial charge in [0.25, 0.3) is 0 Å². The van der Waals surface area contributed by atoms with Crippen molar-refractivity contribution in [3.05, 3.63) is 18.3 Å². The van der Waals surface area contributed by atoms with E-state index in [9.17, 15) is 4.79 Å². The van der Waals surface area contributed by atoms with E-state index in [0.29, 0.717) is 18.2 Å². The van der Waals surface area contributed by atoms with Crippen LogP contribution in [-0.2, 0) is 4.79 Å². The number of rotatable bonds is 4. The number of hydrogen-bond donors (Lipinski definition) is 1. The fourth-order valence-electron chi connectivity index (χ4n) is 1.99. The molecular formula is C15H23N3O. The maximum atomic E-state index is 12.4. The molecule has 4 nitrogen and oxygen atoms in total. The molecule has 104 valence electrons. The molecule has 4 heteroatoms. The molecule has 1 heterocycles. The zero-order valence-electron chi connectivity index (χ0n) is 12.0. The Morgan fingerprint density at radius 2 is 2.11 bits per heavy atom. The molecule has 0 aromatic carbocycles. The van der Waals surface area contributed by atoms with Gasteiger partial charge in [-0.25, -0.2) is 4.98 Å². The Hall–Kier alpha value is -1.58. The van der Waals surface area contributed by atoms with Crippen LogP contribution in [0.1, 0.15) is 46.5 Å². The van der Waals surface area contributed by atoms with Gasteiger partial charge in [-0.05, 0) is 36.8 Å². The first-order chi connectivity index (χ1) is 8.87. The maximum absolute atomic E-state index is 12.4. The van der Waals surface area contributed by atoms with Gasteiger partial charge >= 0.3 is 0 Å². The van der Waals surface area contributed by atoms with Crippen LogP contribution in [0.5, 0.6) is 0 Å². The lowest BCUT2D eigenvalue weighted by atomic mass is 9.90. The largest absolute Gasteiger partial charge is 0.397 e. The predicted octanol–water partition coefficient (Wildman–Crippen LogP) is 2.99. The summed E-state index contributed by atoms with van der Waals surface area (Å²) >= 11 is 0. The lowest BCUT2D eigenvalue weighted by Crippen LogP contribution is -2.34. The van der Waals surface area contributed by atoms with Gasteiger partial charge in [-0.15, -0.1) is 0 Å². The highest BCUT2D eigenvalue weighted by atomic mass is 16.2. The molecule has 1 amide bonds. The molecular weight excluding hydrogens is 238 g/mol. The van der Waals surface area contributed by atoms with Crippen LogP contribution in [0.2, 0.25) is 0 Å². The molecule has 2 N–H and O–H groups in total. The van der Waals surface area contributed by atoms with Gasteiger partial charge in [0.2, 0.25) is 5.91 Å². The van der Waals surface area contributed by atoms with Crippen LogP contribution >= 0.6 is 0 Å². The summed E-state index contributed by atoms with van der Waals surface area (Å²) in [4.78, 5) is 18.5. The van der Waals surface area contributed by atoms with E-state index in [2.05, 4.69) is 25.8 Å². The SMILES string of the molecule is CC(C)(C)CCC(=O)N(c1ccc(N)cn1)C1CC1. The van der Waals surface area contributed by atoms with Crippen molar-refractivity contribution in [1.82, 2.24) is 4.98 Å². The normalized spacial score (nSPS) is 15.3. The topological polar surface area (TPSA) is 59.2 Å². The molecule has 1 saturated carbocycles. The zero-order chi connectivity index (χ0) is 14.0. The van der Waals surface area contributed by atoms with Gasteiger partial charge < -0.3 is 5.73 Å². The third kappa shape index (κ3) is 3.94. The van der Waals surface area contributed by atoms with Crippen LogP contribution in [0, 0.1) is 5.41 Å². The summed E-state index contributed by atoms with van der Waals surface area (Å²) in [6, 6.07) is 3.97. The molecule has 2 rings (SSSR count). The fourth-order valence-corrected chi connectivity index (χ4v) is 1.99. The highest BCUT2D eigenvalue weighted by Crippen LogP contribution is 2.32. The van der Waals surface area contributed by atoms with E-state index in [0.717, 1.165) is 25.1 Å². The van der Waals surface area contributed by atoms with Crippen LogP contribution in [0.4, 0.5) is 11.5 Å². The van der Waals surface area contributed by atoms with E-state index in [-0.39, 0.29) is 11.3 Å². The summed E-state index contributed by atoms with van der Waals surface area (Å²) in [7, 11) is 0. The predicted molar refractivity (Wildman–Crippen MR) is 77.8 cm³/mol. The second-order valence-electron chi connectivity index (χ2n) is 6.51. The summed E-state index contributed by atoms with van der Waals surface area (Å²) in [5.74, 6) is 0.908. The van der Waals surface area contributed by atoms with Gasteiger partial charge in [0.05, 0.1) is 11.9 Å². The van der Waals surface area contributed by atoms with Crippen molar-refractivity contribution in [3.63, 3.8) is 0 Å². The van der Waals surface area contributed by atoms with Gasteiger partial charge in [-0.2, -0.15) is 0 Å². The lowest BCUT2D eigenvalue weighted by molar-refractivity contribution is -0.119. The van der Waals surface area contributed by atoms with Crippen LogP contribution < -0.4 is 10.6 Å². The second kappa shape index (κ2) is 5.19. The van der Waals surface area contributed by atoms with Gasteiger partial charge in [-0.1, -0.05) is 20.8 Å². The van der Waals surface area contributed by atoms with E-state index in [1.807, 2.05) is 11.0 Å². The van der Waals surface area contributed by atoms with Crippen molar-refractivity contribution >= 4 is 17.4 Å². The van der Waals surface area contributed by atoms with Crippen molar-refractivity contribution in [2.45, 2.75) is 52.5 Å². The van der Waals surface area contributed by atoms with Gasteiger partial charge in [0, 0.05) is 12.5 Å². The molecule has 0 saturated heterocycles. The van der Waals surface area contributed by atoms with E-state index in [4.69, 9.17) is 5.73 Å². The van der Waals surface area contributed by atoms with E-state index in [1.165, 1.54) is 0 Å². The molecule has 0 aliphatic heterocycles. The number of nitrogen functional groups attached to an aromatic ring is 1. The summed E-state index contributed by atoms with van der Waals surface area (Å²) in [5.41, 5.74) is 6.45. The number of anilines is 2. The molecule has 1 aliphatic carbocycles. The number of pyridine rings is 1. The first-order valence-corrected chi connectivity index (χ1v) is 6.90. The molecule has 0 bridgehead atoms. The van der Waals surface area contributed by atoms with Gasteiger partial charge in [-0.3, -0.25) is 9.69 Å². The number of amides is 1. The summed E-state index contributed by atoms with van der Waals surface area (Å²) in [6.07, 6.45) is 5.23. The minimum atomic E-state index is 0.176. The van der Waals surface area contributed by atoms with Crippen molar-refractivity contribution in [2.75, 3.05) is 10.6 Å². The molecule has 1 aromatic heterocycles. The van der Waals surface area contributed by atoms with Gasteiger partial charge in [0.15, 0.2) is 0 Å². The Kier molecular flexibility index (Phi) is 3.78. The minimum Gasteiger partial charge on any atom is -0.397 e. The Balaban J connectivity index is 2.07. The van der Waals surface area contributed by atoms with Crippen LogP contribution in [0.25, 0.3) is 0 Å². The first kappa shape index (κ1) is 13.8. The lowest BCUT2D eigenvalue weighted by Gasteiger charge is -2.24. The smallest absolute Gasteiger partial charge is 0.228 e. The number of hydrogen-bond acceptors (Lipinski definition) is 3.